The van der Waals surface area contributed by atoms with Crippen LogP contribution in [0.4, 0.5) is 0 Å². The van der Waals surface area contributed by atoms with Gasteiger partial charge in [-0.1, -0.05) is 49.3 Å². The highest BCUT2D eigenvalue weighted by atomic mass is 16.5. The van der Waals surface area contributed by atoms with E-state index in [2.05, 4.69) is 20.4 Å². The zero-order chi connectivity index (χ0) is 23.9. The first-order chi connectivity index (χ1) is 16.5. The van der Waals surface area contributed by atoms with Crippen LogP contribution >= 0.6 is 0 Å². The molecule has 178 valence electrons. The number of carbonyl (C=O) groups excluding carboxylic acids is 2. The molecule has 0 spiro atoms. The van der Waals surface area contributed by atoms with Crippen LogP contribution < -0.4 is 5.32 Å². The molecule has 3 aromatic rings. The fourth-order valence-electron chi connectivity index (χ4n) is 4.20. The number of rotatable bonds is 8. The Kier molecular flexibility index (Phi) is 7.67. The molecule has 1 N–H and O–H groups in total. The molecule has 1 atom stereocenters. The van der Waals surface area contributed by atoms with Gasteiger partial charge in [-0.2, -0.15) is 4.98 Å². The number of piperidine rings is 1. The van der Waals surface area contributed by atoms with Crippen molar-refractivity contribution in [2.75, 3.05) is 13.1 Å². The van der Waals surface area contributed by atoms with Crippen molar-refractivity contribution in [1.29, 1.82) is 0 Å². The molecule has 1 aliphatic rings. The average molecular weight is 462 g/mol. The maximum atomic E-state index is 13.0. The zero-order valence-corrected chi connectivity index (χ0v) is 19.7. The molecule has 1 saturated heterocycles. The smallest absolute Gasteiger partial charge is 0.249 e. The van der Waals surface area contributed by atoms with Crippen molar-refractivity contribution in [2.24, 2.45) is 11.8 Å². The monoisotopic (exact) mass is 461 g/mol. The van der Waals surface area contributed by atoms with E-state index in [1.54, 1.807) is 12.4 Å². The van der Waals surface area contributed by atoms with Gasteiger partial charge in [0.1, 0.15) is 6.04 Å². The van der Waals surface area contributed by atoms with Crippen LogP contribution in [0.5, 0.6) is 0 Å². The summed E-state index contributed by atoms with van der Waals surface area (Å²) in [5.41, 5.74) is 1.92. The largest absolute Gasteiger partial charge is 0.344 e. The van der Waals surface area contributed by atoms with Crippen molar-refractivity contribution >= 4 is 11.8 Å². The number of aromatic nitrogens is 3. The van der Waals surface area contributed by atoms with E-state index >= 15 is 0 Å². The summed E-state index contributed by atoms with van der Waals surface area (Å²) in [6.07, 6.45) is 5.89. The molecule has 8 nitrogen and oxygen atoms in total. The van der Waals surface area contributed by atoms with Gasteiger partial charge in [0.15, 0.2) is 0 Å². The van der Waals surface area contributed by atoms with Crippen molar-refractivity contribution in [3.8, 4) is 11.4 Å². The summed E-state index contributed by atoms with van der Waals surface area (Å²) < 4.78 is 5.49. The standard InChI is InChI=1S/C26H31N5O3/c1-18(2)23(26-29-24(30-34-26)21-9-6-14-27-17-21)28-25(33)20-12-15-31(16-13-20)22(32)11-10-19-7-4-3-5-8-19/h3-9,14,17-18,20,23H,10-13,15-16H2,1-2H3,(H,28,33). The number of likely N-dealkylation sites (tertiary alicyclic amines) is 1. The van der Waals surface area contributed by atoms with Gasteiger partial charge in [0, 0.05) is 43.4 Å². The first kappa shape index (κ1) is 23.6. The minimum absolute atomic E-state index is 0.0313. The first-order valence-corrected chi connectivity index (χ1v) is 11.9. The van der Waals surface area contributed by atoms with Crippen LogP contribution in [-0.2, 0) is 16.0 Å². The van der Waals surface area contributed by atoms with Gasteiger partial charge in [-0.3, -0.25) is 14.6 Å². The Hall–Kier alpha value is -3.55. The molecule has 0 radical (unpaired) electrons. The van der Waals surface area contributed by atoms with Gasteiger partial charge in [0.2, 0.25) is 23.5 Å². The molecule has 4 rings (SSSR count). The van der Waals surface area contributed by atoms with Crippen molar-refractivity contribution in [2.45, 2.75) is 45.6 Å². The maximum absolute atomic E-state index is 13.0. The summed E-state index contributed by atoms with van der Waals surface area (Å²) in [4.78, 5) is 36.1. The van der Waals surface area contributed by atoms with E-state index in [0.29, 0.717) is 44.1 Å². The van der Waals surface area contributed by atoms with Crippen LogP contribution in [0.2, 0.25) is 0 Å². The van der Waals surface area contributed by atoms with Gasteiger partial charge in [0.25, 0.3) is 0 Å². The third kappa shape index (κ3) is 5.87. The van der Waals surface area contributed by atoms with Crippen molar-refractivity contribution < 1.29 is 14.1 Å². The molecule has 2 amide bonds. The molecule has 0 aliphatic carbocycles. The van der Waals surface area contributed by atoms with E-state index in [-0.39, 0.29) is 29.7 Å². The molecule has 2 aromatic heterocycles. The summed E-state index contributed by atoms with van der Waals surface area (Å²) >= 11 is 0. The predicted octanol–water partition coefficient (Wildman–Crippen LogP) is 3.82. The lowest BCUT2D eigenvalue weighted by atomic mass is 9.94. The molecule has 1 aliphatic heterocycles. The van der Waals surface area contributed by atoms with Gasteiger partial charge in [-0.15, -0.1) is 0 Å². The van der Waals surface area contributed by atoms with Crippen molar-refractivity contribution in [1.82, 2.24) is 25.3 Å². The minimum Gasteiger partial charge on any atom is -0.344 e. The highest BCUT2D eigenvalue weighted by Crippen LogP contribution is 2.25. The SMILES string of the molecule is CC(C)C(NC(=O)C1CCN(C(=O)CCc2ccccc2)CC1)c1nc(-c2cccnc2)no1. The van der Waals surface area contributed by atoms with Crippen LogP contribution in [0, 0.1) is 11.8 Å². The topological polar surface area (TPSA) is 101 Å². The van der Waals surface area contributed by atoms with Crippen molar-refractivity contribution in [3.63, 3.8) is 0 Å². The molecular weight excluding hydrogens is 430 g/mol. The Balaban J connectivity index is 1.30. The van der Waals surface area contributed by atoms with Gasteiger partial charge >= 0.3 is 0 Å². The van der Waals surface area contributed by atoms with Crippen LogP contribution in [0.1, 0.15) is 50.6 Å². The fraction of sp³-hybridized carbons (Fsp3) is 0.423. The molecule has 34 heavy (non-hydrogen) atoms. The van der Waals surface area contributed by atoms with E-state index < -0.39 is 0 Å². The Bertz CT molecular complexity index is 1080. The lowest BCUT2D eigenvalue weighted by Gasteiger charge is -2.32. The minimum atomic E-state index is -0.379. The third-order valence-corrected chi connectivity index (χ3v) is 6.28. The molecule has 3 heterocycles. The molecule has 8 heteroatoms. The fourth-order valence-corrected chi connectivity index (χ4v) is 4.20. The van der Waals surface area contributed by atoms with Gasteiger partial charge < -0.3 is 14.7 Å². The number of aryl methyl sites for hydroxylation is 1. The second kappa shape index (κ2) is 11.0. The Labute approximate surface area is 199 Å². The summed E-state index contributed by atoms with van der Waals surface area (Å²) in [6, 6.07) is 13.3. The lowest BCUT2D eigenvalue weighted by Crippen LogP contribution is -2.44. The number of benzene rings is 1. The third-order valence-electron chi connectivity index (χ3n) is 6.28. The Morgan fingerprint density at radius 2 is 1.88 bits per heavy atom. The Morgan fingerprint density at radius 1 is 1.12 bits per heavy atom. The predicted molar refractivity (Wildman–Crippen MR) is 127 cm³/mol. The quantitative estimate of drug-likeness (QED) is 0.547. The van der Waals surface area contributed by atoms with Crippen molar-refractivity contribution in [3.05, 3.63) is 66.3 Å². The van der Waals surface area contributed by atoms with Crippen LogP contribution in [0.3, 0.4) is 0 Å². The van der Waals surface area contributed by atoms with Gasteiger partial charge in [-0.25, -0.2) is 0 Å². The highest BCUT2D eigenvalue weighted by Gasteiger charge is 2.31. The van der Waals surface area contributed by atoms with Gasteiger partial charge in [-0.05, 0) is 42.9 Å². The summed E-state index contributed by atoms with van der Waals surface area (Å²) in [5, 5.41) is 7.16. The number of hydrogen-bond donors (Lipinski definition) is 1. The highest BCUT2D eigenvalue weighted by molar-refractivity contribution is 5.80. The van der Waals surface area contributed by atoms with E-state index in [9.17, 15) is 9.59 Å². The number of nitrogens with one attached hydrogen (secondary N) is 1. The normalized spacial score (nSPS) is 15.3. The molecule has 0 bridgehead atoms. The molecule has 1 fully saturated rings. The van der Waals surface area contributed by atoms with Crippen LogP contribution in [-0.4, -0.2) is 44.9 Å². The lowest BCUT2D eigenvalue weighted by molar-refractivity contribution is -0.136. The number of amides is 2. The first-order valence-electron chi connectivity index (χ1n) is 11.9. The number of hydrogen-bond acceptors (Lipinski definition) is 6. The summed E-state index contributed by atoms with van der Waals surface area (Å²) in [7, 11) is 0. The number of nitrogens with zero attached hydrogens (tertiary/aromatic N) is 4. The Morgan fingerprint density at radius 3 is 2.56 bits per heavy atom. The van der Waals surface area contributed by atoms with E-state index in [0.717, 1.165) is 17.5 Å². The average Bonchev–Trinajstić information content (AvgIpc) is 3.36. The van der Waals surface area contributed by atoms with Crippen LogP contribution in [0.15, 0.2) is 59.4 Å². The number of carbonyl (C=O) groups is 2. The maximum Gasteiger partial charge on any atom is 0.249 e. The number of pyridine rings is 1. The summed E-state index contributed by atoms with van der Waals surface area (Å²) in [5.74, 6) is 0.889. The van der Waals surface area contributed by atoms with Crippen LogP contribution in [0.25, 0.3) is 11.4 Å². The van der Waals surface area contributed by atoms with Gasteiger partial charge in [0.05, 0.1) is 0 Å². The molecule has 1 aromatic carbocycles. The van der Waals surface area contributed by atoms with E-state index in [4.69, 9.17) is 4.52 Å². The van der Waals surface area contributed by atoms with E-state index in [1.807, 2.05) is 61.2 Å². The molecule has 1 unspecified atom stereocenters. The second-order valence-corrected chi connectivity index (χ2v) is 9.07. The molecule has 0 saturated carbocycles. The summed E-state index contributed by atoms with van der Waals surface area (Å²) in [6.45, 7) is 5.22. The zero-order valence-electron chi connectivity index (χ0n) is 19.7. The van der Waals surface area contributed by atoms with E-state index in [1.165, 1.54) is 0 Å². The second-order valence-electron chi connectivity index (χ2n) is 9.07. The molecular formula is C26H31N5O3.